The number of guanidine groups is 1. The largest absolute Gasteiger partial charge is 0.356 e. The van der Waals surface area contributed by atoms with Gasteiger partial charge in [0, 0.05) is 49.9 Å². The number of hydrogen-bond acceptors (Lipinski definition) is 4. The molecule has 118 valence electrons. The molecule has 1 aliphatic heterocycles. The molecule has 0 amide bonds. The highest BCUT2D eigenvalue weighted by Gasteiger charge is 2.21. The Morgan fingerprint density at radius 2 is 2.38 bits per heavy atom. The van der Waals surface area contributed by atoms with Crippen LogP contribution in [0, 0.1) is 0 Å². The highest BCUT2D eigenvalue weighted by Crippen LogP contribution is 2.24. The van der Waals surface area contributed by atoms with Gasteiger partial charge in [0.2, 0.25) is 0 Å². The molecule has 0 aromatic carbocycles. The third-order valence-electron chi connectivity index (χ3n) is 3.85. The molecular formula is C15H26N4S2. The van der Waals surface area contributed by atoms with Crippen molar-refractivity contribution < 1.29 is 0 Å². The number of thiophene rings is 1. The minimum atomic E-state index is 0.511. The van der Waals surface area contributed by atoms with Crippen molar-refractivity contribution in [2.45, 2.75) is 25.9 Å². The Labute approximate surface area is 136 Å². The summed E-state index contributed by atoms with van der Waals surface area (Å²) >= 11 is 3.74. The Kier molecular flexibility index (Phi) is 6.86. The molecule has 6 heteroatoms. The maximum Gasteiger partial charge on any atom is 0.191 e. The summed E-state index contributed by atoms with van der Waals surface area (Å²) in [7, 11) is 1.83. The lowest BCUT2D eigenvalue weighted by Gasteiger charge is -2.32. The molecule has 0 fully saturated rings. The van der Waals surface area contributed by atoms with Gasteiger partial charge in [-0.05, 0) is 36.6 Å². The first kappa shape index (κ1) is 16.6. The maximum absolute atomic E-state index is 4.27. The Bertz CT molecular complexity index is 458. The van der Waals surface area contributed by atoms with E-state index in [1.807, 2.05) is 30.1 Å². The number of rotatable bonds is 6. The molecule has 2 heterocycles. The number of fused-ring (bicyclic) bond motifs is 1. The van der Waals surface area contributed by atoms with Crippen LogP contribution in [0.5, 0.6) is 0 Å². The van der Waals surface area contributed by atoms with Gasteiger partial charge in [0.1, 0.15) is 0 Å². The van der Waals surface area contributed by atoms with Crippen LogP contribution in [0.25, 0.3) is 0 Å². The first-order valence-electron chi connectivity index (χ1n) is 7.47. The molecule has 0 saturated carbocycles. The van der Waals surface area contributed by atoms with Crippen LogP contribution in [0.2, 0.25) is 0 Å². The molecule has 1 aromatic heterocycles. The zero-order valence-corrected chi connectivity index (χ0v) is 14.8. The van der Waals surface area contributed by atoms with Gasteiger partial charge in [-0.15, -0.1) is 11.3 Å². The number of thioether (sulfide) groups is 1. The zero-order chi connectivity index (χ0) is 15.1. The number of nitrogens with one attached hydrogen (secondary N) is 2. The third kappa shape index (κ3) is 4.90. The number of nitrogens with zero attached hydrogens (tertiary/aromatic N) is 2. The molecule has 0 radical (unpaired) electrons. The van der Waals surface area contributed by atoms with Crippen LogP contribution in [0.3, 0.4) is 0 Å². The van der Waals surface area contributed by atoms with E-state index in [-0.39, 0.29) is 0 Å². The fourth-order valence-electron chi connectivity index (χ4n) is 2.51. The molecule has 21 heavy (non-hydrogen) atoms. The molecule has 4 nitrogen and oxygen atoms in total. The zero-order valence-electron chi connectivity index (χ0n) is 13.2. The minimum Gasteiger partial charge on any atom is -0.356 e. The Balaban J connectivity index is 1.75. The summed E-state index contributed by atoms with van der Waals surface area (Å²) in [4.78, 5) is 8.40. The Hall–Kier alpha value is -0.720. The Morgan fingerprint density at radius 3 is 3.14 bits per heavy atom. The van der Waals surface area contributed by atoms with Gasteiger partial charge in [0.15, 0.2) is 5.96 Å². The highest BCUT2D eigenvalue weighted by atomic mass is 32.2. The molecule has 2 rings (SSSR count). The fraction of sp³-hybridized carbons (Fsp3) is 0.667. The van der Waals surface area contributed by atoms with Gasteiger partial charge >= 0.3 is 0 Å². The number of hydrogen-bond donors (Lipinski definition) is 2. The average Bonchev–Trinajstić information content (AvgIpc) is 2.97. The van der Waals surface area contributed by atoms with Gasteiger partial charge in [0.05, 0.1) is 0 Å². The molecule has 1 aromatic rings. The van der Waals surface area contributed by atoms with Crippen molar-refractivity contribution in [3.8, 4) is 0 Å². The second-order valence-corrected chi connectivity index (χ2v) is 7.30. The van der Waals surface area contributed by atoms with Crippen molar-refractivity contribution in [1.82, 2.24) is 15.5 Å². The summed E-state index contributed by atoms with van der Waals surface area (Å²) < 4.78 is 0. The highest BCUT2D eigenvalue weighted by molar-refractivity contribution is 7.98. The average molecular weight is 327 g/mol. The third-order valence-corrected chi connectivity index (χ3v) is 5.48. The van der Waals surface area contributed by atoms with E-state index >= 15 is 0 Å². The van der Waals surface area contributed by atoms with Crippen LogP contribution < -0.4 is 10.6 Å². The van der Waals surface area contributed by atoms with Crippen molar-refractivity contribution >= 4 is 29.1 Å². The van der Waals surface area contributed by atoms with Gasteiger partial charge in [-0.2, -0.15) is 11.8 Å². The van der Waals surface area contributed by atoms with Crippen LogP contribution in [0.1, 0.15) is 17.4 Å². The second kappa shape index (κ2) is 8.66. The van der Waals surface area contributed by atoms with Crippen LogP contribution in [-0.4, -0.2) is 55.6 Å². The summed E-state index contributed by atoms with van der Waals surface area (Å²) in [5.41, 5.74) is 1.51. The van der Waals surface area contributed by atoms with Crippen LogP contribution >= 0.6 is 23.1 Å². The fourth-order valence-corrected chi connectivity index (χ4v) is 3.71. The molecule has 0 saturated heterocycles. The summed E-state index contributed by atoms with van der Waals surface area (Å²) in [6, 6.07) is 2.78. The van der Waals surface area contributed by atoms with Gasteiger partial charge in [-0.25, -0.2) is 0 Å². The SMILES string of the molecule is CN=C(NCCSC)NCC(C)N1CCc2sccc2C1. The van der Waals surface area contributed by atoms with E-state index in [9.17, 15) is 0 Å². The predicted molar refractivity (Wildman–Crippen MR) is 95.6 cm³/mol. The van der Waals surface area contributed by atoms with Crippen molar-refractivity contribution in [2.24, 2.45) is 4.99 Å². The molecular weight excluding hydrogens is 300 g/mol. The molecule has 0 aliphatic carbocycles. The molecule has 1 atom stereocenters. The first-order chi connectivity index (χ1) is 10.2. The monoisotopic (exact) mass is 326 g/mol. The summed E-state index contributed by atoms with van der Waals surface area (Å²) in [6.45, 7) is 6.42. The predicted octanol–water partition coefficient (Wildman–Crippen LogP) is 2.02. The van der Waals surface area contributed by atoms with Gasteiger partial charge in [-0.1, -0.05) is 0 Å². The molecule has 0 bridgehead atoms. The van der Waals surface area contributed by atoms with E-state index in [0.29, 0.717) is 6.04 Å². The van der Waals surface area contributed by atoms with Crippen molar-refractivity contribution in [2.75, 3.05) is 38.7 Å². The summed E-state index contributed by atoms with van der Waals surface area (Å²) in [6.07, 6.45) is 3.31. The smallest absolute Gasteiger partial charge is 0.191 e. The summed E-state index contributed by atoms with van der Waals surface area (Å²) in [5.74, 6) is 2.01. The Morgan fingerprint density at radius 1 is 1.52 bits per heavy atom. The van der Waals surface area contributed by atoms with E-state index in [0.717, 1.165) is 37.9 Å². The second-order valence-electron chi connectivity index (χ2n) is 5.31. The molecule has 2 N–H and O–H groups in total. The van der Waals surface area contributed by atoms with Crippen LogP contribution in [0.4, 0.5) is 0 Å². The van der Waals surface area contributed by atoms with Crippen molar-refractivity contribution in [1.29, 1.82) is 0 Å². The lowest BCUT2D eigenvalue weighted by Crippen LogP contribution is -2.47. The van der Waals surface area contributed by atoms with E-state index in [2.05, 4.69) is 45.2 Å². The first-order valence-corrected chi connectivity index (χ1v) is 9.74. The van der Waals surface area contributed by atoms with Gasteiger partial charge in [0.25, 0.3) is 0 Å². The normalized spacial score (nSPS) is 17.4. The molecule has 1 aliphatic rings. The van der Waals surface area contributed by atoms with Crippen LogP contribution in [-0.2, 0) is 13.0 Å². The van der Waals surface area contributed by atoms with Crippen LogP contribution in [0.15, 0.2) is 16.4 Å². The summed E-state index contributed by atoms with van der Waals surface area (Å²) in [5, 5.41) is 8.99. The van der Waals surface area contributed by atoms with E-state index in [1.54, 1.807) is 4.88 Å². The van der Waals surface area contributed by atoms with E-state index in [4.69, 9.17) is 0 Å². The van der Waals surface area contributed by atoms with Crippen molar-refractivity contribution in [3.05, 3.63) is 21.9 Å². The lowest BCUT2D eigenvalue weighted by atomic mass is 10.1. The lowest BCUT2D eigenvalue weighted by molar-refractivity contribution is 0.192. The van der Waals surface area contributed by atoms with Gasteiger partial charge < -0.3 is 10.6 Å². The van der Waals surface area contributed by atoms with E-state index < -0.39 is 0 Å². The van der Waals surface area contributed by atoms with Crippen molar-refractivity contribution in [3.63, 3.8) is 0 Å². The van der Waals surface area contributed by atoms with Gasteiger partial charge in [-0.3, -0.25) is 9.89 Å². The standard InChI is InChI=1S/C15H26N4S2/c1-12(10-18-15(16-2)17-6-9-20-3)19-7-4-14-13(11-19)5-8-21-14/h5,8,12H,4,6-7,9-11H2,1-3H3,(H2,16,17,18). The topological polar surface area (TPSA) is 39.7 Å². The quantitative estimate of drug-likeness (QED) is 0.477. The van der Waals surface area contributed by atoms with E-state index in [1.165, 1.54) is 12.0 Å². The maximum atomic E-state index is 4.27. The number of aliphatic imine (C=N–C) groups is 1. The molecule has 0 spiro atoms. The minimum absolute atomic E-state index is 0.511. The molecule has 1 unspecified atom stereocenters.